The Kier molecular flexibility index (Phi) is 4.03. The highest BCUT2D eigenvalue weighted by atomic mass is 35.5. The van der Waals surface area contributed by atoms with E-state index < -0.39 is 17.0 Å². The summed E-state index contributed by atoms with van der Waals surface area (Å²) in [5, 5.41) is 7.03. The Morgan fingerprint density at radius 1 is 1.58 bits per heavy atom. The maximum Gasteiger partial charge on any atom is 0.308 e. The first-order chi connectivity index (χ1) is 5.39. The summed E-state index contributed by atoms with van der Waals surface area (Å²) in [5.41, 5.74) is 0. The van der Waals surface area contributed by atoms with E-state index in [1.54, 1.807) is 6.92 Å². The number of carboxylic acid groups (broad SMARTS) is 1. The van der Waals surface area contributed by atoms with E-state index in [-0.39, 0.29) is 12.8 Å². The molecule has 70 valence electrons. The summed E-state index contributed by atoms with van der Waals surface area (Å²) in [6.45, 7) is 2.84. The normalized spacial score (nSPS) is 14.9. The van der Waals surface area contributed by atoms with E-state index in [0.717, 1.165) is 0 Å². The van der Waals surface area contributed by atoms with Gasteiger partial charge in [-0.3, -0.25) is 9.59 Å². The summed E-state index contributed by atoms with van der Waals surface area (Å²) >= 11 is 5.69. The van der Waals surface area contributed by atoms with Crippen LogP contribution in [-0.2, 0) is 14.3 Å². The van der Waals surface area contributed by atoms with Gasteiger partial charge >= 0.3 is 11.9 Å². The van der Waals surface area contributed by atoms with Gasteiger partial charge in [0.25, 0.3) is 0 Å². The average molecular weight is 195 g/mol. The fourth-order valence-electron chi connectivity index (χ4n) is 0.717. The van der Waals surface area contributed by atoms with E-state index in [0.29, 0.717) is 0 Å². The van der Waals surface area contributed by atoms with E-state index in [1.165, 1.54) is 6.92 Å². The van der Waals surface area contributed by atoms with Crippen LogP contribution >= 0.6 is 11.6 Å². The Bertz CT molecular complexity index is 174. The zero-order valence-electron chi connectivity index (χ0n) is 6.96. The lowest BCUT2D eigenvalue weighted by atomic mass is 10.2. The minimum Gasteiger partial charge on any atom is -0.481 e. The number of carbonyl (C=O) groups is 2. The summed E-state index contributed by atoms with van der Waals surface area (Å²) in [5.74, 6) is -1.67. The van der Waals surface area contributed by atoms with Crippen LogP contribution < -0.4 is 0 Å². The average Bonchev–Trinajstić information content (AvgIpc) is 1.83. The third-order valence-corrected chi connectivity index (χ3v) is 1.75. The van der Waals surface area contributed by atoms with Crippen molar-refractivity contribution in [3.63, 3.8) is 0 Å². The third-order valence-electron chi connectivity index (χ3n) is 1.27. The van der Waals surface area contributed by atoms with Crippen molar-refractivity contribution < 1.29 is 19.4 Å². The molecule has 4 nitrogen and oxygen atoms in total. The van der Waals surface area contributed by atoms with Crippen LogP contribution in [0.4, 0.5) is 0 Å². The number of ether oxygens (including phenoxy) is 1. The second kappa shape index (κ2) is 4.30. The molecule has 1 atom stereocenters. The summed E-state index contributed by atoms with van der Waals surface area (Å²) < 4.78 is 4.64. The van der Waals surface area contributed by atoms with Gasteiger partial charge in [-0.1, -0.05) is 18.5 Å². The number of hydrogen-bond acceptors (Lipinski definition) is 3. The molecule has 0 aromatic carbocycles. The Balaban J connectivity index is 4.23. The number of alkyl halides is 1. The highest BCUT2D eigenvalue weighted by Gasteiger charge is 2.31. The third kappa shape index (κ3) is 4.18. The van der Waals surface area contributed by atoms with Gasteiger partial charge in [0.05, 0.1) is 6.42 Å². The molecule has 12 heavy (non-hydrogen) atoms. The van der Waals surface area contributed by atoms with Crippen LogP contribution in [0.5, 0.6) is 0 Å². The molecule has 5 heteroatoms. The van der Waals surface area contributed by atoms with E-state index >= 15 is 0 Å². The molecule has 0 heterocycles. The lowest BCUT2D eigenvalue weighted by molar-refractivity contribution is -0.154. The molecule has 0 amide bonds. The van der Waals surface area contributed by atoms with Crippen molar-refractivity contribution in [3.8, 4) is 0 Å². The number of carbonyl (C=O) groups excluding carboxylic acids is 1. The predicted molar refractivity (Wildman–Crippen MR) is 42.9 cm³/mol. The molecule has 1 N–H and O–H groups in total. The van der Waals surface area contributed by atoms with Gasteiger partial charge in [0, 0.05) is 6.92 Å². The number of rotatable bonds is 4. The van der Waals surface area contributed by atoms with Crippen LogP contribution in [0.25, 0.3) is 0 Å². The molecule has 0 aliphatic heterocycles. The monoisotopic (exact) mass is 194 g/mol. The van der Waals surface area contributed by atoms with Gasteiger partial charge < -0.3 is 9.84 Å². The van der Waals surface area contributed by atoms with Crippen LogP contribution in [0.15, 0.2) is 0 Å². The molecule has 0 saturated carbocycles. The predicted octanol–water partition coefficient (Wildman–Crippen LogP) is 1.37. The Morgan fingerprint density at radius 3 is 2.33 bits per heavy atom. The van der Waals surface area contributed by atoms with Crippen LogP contribution in [-0.4, -0.2) is 22.1 Å². The van der Waals surface area contributed by atoms with Crippen molar-refractivity contribution in [2.45, 2.75) is 31.7 Å². The van der Waals surface area contributed by atoms with Crippen LogP contribution in [0, 0.1) is 0 Å². The molecule has 0 spiro atoms. The first-order valence-corrected chi connectivity index (χ1v) is 3.87. The smallest absolute Gasteiger partial charge is 0.308 e. The van der Waals surface area contributed by atoms with Crippen molar-refractivity contribution >= 4 is 23.5 Å². The summed E-state index contributed by atoms with van der Waals surface area (Å²) in [4.78, 5) is 20.8. The summed E-state index contributed by atoms with van der Waals surface area (Å²) in [6.07, 6.45) is -0.120. The standard InChI is InChI=1S/C7H11ClO4/c1-3-7(8,4-6(10)11)12-5(2)9/h3-4H2,1-2H3,(H,10,11). The van der Waals surface area contributed by atoms with Gasteiger partial charge in [0.2, 0.25) is 0 Å². The molecule has 0 aromatic rings. The number of carboxylic acids is 1. The Morgan fingerprint density at radius 2 is 2.08 bits per heavy atom. The van der Waals surface area contributed by atoms with Crippen molar-refractivity contribution in [1.29, 1.82) is 0 Å². The molecule has 0 fully saturated rings. The largest absolute Gasteiger partial charge is 0.481 e. The minimum absolute atomic E-state index is 0.264. The second-order valence-electron chi connectivity index (χ2n) is 2.40. The topological polar surface area (TPSA) is 63.6 Å². The molecular weight excluding hydrogens is 184 g/mol. The molecule has 0 aliphatic carbocycles. The number of esters is 1. The van der Waals surface area contributed by atoms with Crippen molar-refractivity contribution in [3.05, 3.63) is 0 Å². The molecule has 0 aromatic heterocycles. The molecule has 0 rings (SSSR count). The van der Waals surface area contributed by atoms with Gasteiger partial charge in [-0.25, -0.2) is 0 Å². The fraction of sp³-hybridized carbons (Fsp3) is 0.714. The van der Waals surface area contributed by atoms with Gasteiger partial charge in [-0.2, -0.15) is 0 Å². The zero-order valence-corrected chi connectivity index (χ0v) is 7.72. The number of halogens is 1. The van der Waals surface area contributed by atoms with Crippen molar-refractivity contribution in [1.82, 2.24) is 0 Å². The molecule has 0 saturated heterocycles. The van der Waals surface area contributed by atoms with E-state index in [1.807, 2.05) is 0 Å². The lowest BCUT2D eigenvalue weighted by Gasteiger charge is -2.22. The van der Waals surface area contributed by atoms with Crippen LogP contribution in [0.2, 0.25) is 0 Å². The first kappa shape index (κ1) is 11.2. The lowest BCUT2D eigenvalue weighted by Crippen LogP contribution is -2.30. The first-order valence-electron chi connectivity index (χ1n) is 3.50. The van der Waals surface area contributed by atoms with Gasteiger partial charge in [0.1, 0.15) is 0 Å². The maximum absolute atomic E-state index is 10.5. The molecule has 0 bridgehead atoms. The highest BCUT2D eigenvalue weighted by molar-refractivity contribution is 6.24. The van der Waals surface area contributed by atoms with Gasteiger partial charge in [0.15, 0.2) is 5.06 Å². The second-order valence-corrected chi connectivity index (χ2v) is 3.09. The Hall–Kier alpha value is -0.770. The molecule has 0 aliphatic rings. The van der Waals surface area contributed by atoms with E-state index in [4.69, 9.17) is 16.7 Å². The minimum atomic E-state index is -1.39. The zero-order chi connectivity index (χ0) is 9.78. The summed E-state index contributed by atoms with van der Waals surface area (Å²) in [6, 6.07) is 0. The van der Waals surface area contributed by atoms with Crippen molar-refractivity contribution in [2.75, 3.05) is 0 Å². The molecule has 0 radical (unpaired) electrons. The number of hydrogen-bond donors (Lipinski definition) is 1. The maximum atomic E-state index is 10.5. The SMILES string of the molecule is CCC(Cl)(CC(=O)O)OC(C)=O. The highest BCUT2D eigenvalue weighted by Crippen LogP contribution is 2.25. The van der Waals surface area contributed by atoms with Crippen molar-refractivity contribution in [2.24, 2.45) is 0 Å². The Labute approximate surface area is 75.5 Å². The van der Waals surface area contributed by atoms with Gasteiger partial charge in [-0.15, -0.1) is 0 Å². The quantitative estimate of drug-likeness (QED) is 0.542. The van der Waals surface area contributed by atoms with Crippen LogP contribution in [0.1, 0.15) is 26.7 Å². The van der Waals surface area contributed by atoms with E-state index in [9.17, 15) is 9.59 Å². The molecule has 1 unspecified atom stereocenters. The van der Waals surface area contributed by atoms with E-state index in [2.05, 4.69) is 4.74 Å². The summed E-state index contributed by atoms with van der Waals surface area (Å²) in [7, 11) is 0. The van der Waals surface area contributed by atoms with Crippen LogP contribution in [0.3, 0.4) is 0 Å². The molecular formula is C7H11ClO4. The fourth-order valence-corrected chi connectivity index (χ4v) is 0.940. The van der Waals surface area contributed by atoms with Gasteiger partial charge in [-0.05, 0) is 6.42 Å². The number of aliphatic carboxylic acids is 1.